The molecule has 98 valence electrons. The standard InChI is InChI=1S/C14H21N3O/c15-14-16-12-8-4-5-9-13(12)17(14)10-6-2-1-3-7-11-18/h4-5,8-9,18H,1-3,6-7,10-11H2,(H2,15,16). The molecule has 0 unspecified atom stereocenters. The molecule has 18 heavy (non-hydrogen) atoms. The number of imidazole rings is 1. The van der Waals surface area contributed by atoms with Gasteiger partial charge in [-0.2, -0.15) is 0 Å². The van der Waals surface area contributed by atoms with Crippen LogP contribution in [0.4, 0.5) is 5.95 Å². The van der Waals surface area contributed by atoms with Crippen LogP contribution >= 0.6 is 0 Å². The SMILES string of the molecule is Nc1nc2ccccc2n1CCCCCCCO. The molecule has 1 aromatic carbocycles. The van der Waals surface area contributed by atoms with Crippen molar-refractivity contribution >= 4 is 17.0 Å². The van der Waals surface area contributed by atoms with E-state index >= 15 is 0 Å². The van der Waals surface area contributed by atoms with Gasteiger partial charge in [-0.1, -0.05) is 31.4 Å². The lowest BCUT2D eigenvalue weighted by Crippen LogP contribution is -2.03. The number of para-hydroxylation sites is 2. The van der Waals surface area contributed by atoms with Gasteiger partial charge in [-0.25, -0.2) is 4.98 Å². The molecule has 2 rings (SSSR count). The second-order valence-corrected chi connectivity index (χ2v) is 4.60. The normalized spacial score (nSPS) is 11.2. The van der Waals surface area contributed by atoms with E-state index in [1.807, 2.05) is 18.2 Å². The van der Waals surface area contributed by atoms with Gasteiger partial charge in [0.1, 0.15) is 0 Å². The van der Waals surface area contributed by atoms with Crippen molar-refractivity contribution in [2.24, 2.45) is 0 Å². The highest BCUT2D eigenvalue weighted by Gasteiger charge is 2.06. The van der Waals surface area contributed by atoms with Crippen molar-refractivity contribution in [2.75, 3.05) is 12.3 Å². The highest BCUT2D eigenvalue weighted by molar-refractivity contribution is 5.78. The molecule has 0 radical (unpaired) electrons. The number of fused-ring (bicyclic) bond motifs is 1. The molecule has 0 saturated heterocycles. The van der Waals surface area contributed by atoms with Crippen LogP contribution in [0.2, 0.25) is 0 Å². The predicted molar refractivity (Wildman–Crippen MR) is 74.3 cm³/mol. The fourth-order valence-corrected chi connectivity index (χ4v) is 2.24. The number of aliphatic hydroxyl groups excluding tert-OH is 1. The van der Waals surface area contributed by atoms with Crippen molar-refractivity contribution in [3.63, 3.8) is 0 Å². The zero-order valence-corrected chi connectivity index (χ0v) is 10.7. The maximum atomic E-state index is 8.70. The van der Waals surface area contributed by atoms with Crippen molar-refractivity contribution < 1.29 is 5.11 Å². The summed E-state index contributed by atoms with van der Waals surface area (Å²) in [7, 11) is 0. The molecule has 0 saturated carbocycles. The molecule has 0 bridgehead atoms. The Kier molecular flexibility index (Phi) is 4.59. The van der Waals surface area contributed by atoms with Crippen LogP contribution in [0.15, 0.2) is 24.3 Å². The maximum absolute atomic E-state index is 8.70. The first-order valence-corrected chi connectivity index (χ1v) is 6.64. The van der Waals surface area contributed by atoms with Crippen molar-refractivity contribution in [2.45, 2.75) is 38.6 Å². The number of aryl methyl sites for hydroxylation is 1. The number of benzene rings is 1. The quantitative estimate of drug-likeness (QED) is 0.739. The van der Waals surface area contributed by atoms with Crippen LogP contribution in [0.5, 0.6) is 0 Å². The van der Waals surface area contributed by atoms with E-state index in [2.05, 4.69) is 15.6 Å². The van der Waals surface area contributed by atoms with Crippen LogP contribution in [0.25, 0.3) is 11.0 Å². The van der Waals surface area contributed by atoms with Gasteiger partial charge in [0.25, 0.3) is 0 Å². The van der Waals surface area contributed by atoms with Crippen LogP contribution in [-0.4, -0.2) is 21.3 Å². The molecule has 0 aliphatic heterocycles. The van der Waals surface area contributed by atoms with Gasteiger partial charge in [0.15, 0.2) is 0 Å². The molecule has 4 heteroatoms. The second-order valence-electron chi connectivity index (χ2n) is 4.60. The minimum absolute atomic E-state index is 0.305. The number of hydrogen-bond donors (Lipinski definition) is 2. The van der Waals surface area contributed by atoms with E-state index in [9.17, 15) is 0 Å². The topological polar surface area (TPSA) is 64.1 Å². The number of nitrogens with zero attached hydrogens (tertiary/aromatic N) is 2. The smallest absolute Gasteiger partial charge is 0.201 e. The number of nitrogens with two attached hydrogens (primary N) is 1. The molecular weight excluding hydrogens is 226 g/mol. The minimum atomic E-state index is 0.305. The molecule has 0 amide bonds. The summed E-state index contributed by atoms with van der Waals surface area (Å²) in [5.74, 6) is 0.603. The van der Waals surface area contributed by atoms with Crippen molar-refractivity contribution in [1.82, 2.24) is 9.55 Å². The van der Waals surface area contributed by atoms with Gasteiger partial charge in [0, 0.05) is 13.2 Å². The Hall–Kier alpha value is -1.55. The number of nitrogen functional groups attached to an aromatic ring is 1. The van der Waals surface area contributed by atoms with E-state index in [0.29, 0.717) is 12.6 Å². The molecule has 0 aliphatic rings. The number of unbranched alkanes of at least 4 members (excludes halogenated alkanes) is 4. The molecular formula is C14H21N3O. The molecule has 1 heterocycles. The largest absolute Gasteiger partial charge is 0.396 e. The maximum Gasteiger partial charge on any atom is 0.201 e. The molecule has 2 aromatic rings. The Labute approximate surface area is 107 Å². The first kappa shape index (κ1) is 12.9. The number of aliphatic hydroxyl groups is 1. The fourth-order valence-electron chi connectivity index (χ4n) is 2.24. The van der Waals surface area contributed by atoms with E-state index in [1.54, 1.807) is 0 Å². The molecule has 0 aliphatic carbocycles. The van der Waals surface area contributed by atoms with E-state index in [4.69, 9.17) is 10.8 Å². The van der Waals surface area contributed by atoms with E-state index in [-0.39, 0.29) is 0 Å². The monoisotopic (exact) mass is 247 g/mol. The lowest BCUT2D eigenvalue weighted by atomic mass is 10.1. The third kappa shape index (κ3) is 3.01. The van der Waals surface area contributed by atoms with Gasteiger partial charge in [0.2, 0.25) is 5.95 Å². The molecule has 0 atom stereocenters. The highest BCUT2D eigenvalue weighted by atomic mass is 16.2. The lowest BCUT2D eigenvalue weighted by molar-refractivity contribution is 0.282. The van der Waals surface area contributed by atoms with Crippen molar-refractivity contribution in [1.29, 1.82) is 0 Å². The Morgan fingerprint density at radius 1 is 1.06 bits per heavy atom. The number of anilines is 1. The van der Waals surface area contributed by atoms with E-state index in [1.165, 1.54) is 12.8 Å². The van der Waals surface area contributed by atoms with Crippen LogP contribution in [0.1, 0.15) is 32.1 Å². The molecule has 4 nitrogen and oxygen atoms in total. The Bertz CT molecular complexity index is 493. The lowest BCUT2D eigenvalue weighted by Gasteiger charge is -2.06. The Balaban J connectivity index is 1.89. The van der Waals surface area contributed by atoms with Gasteiger partial charge in [-0.3, -0.25) is 0 Å². The third-order valence-corrected chi connectivity index (χ3v) is 3.22. The predicted octanol–water partition coefficient (Wildman–Crippen LogP) is 2.56. The fraction of sp³-hybridized carbons (Fsp3) is 0.500. The third-order valence-electron chi connectivity index (χ3n) is 3.22. The van der Waals surface area contributed by atoms with E-state index in [0.717, 1.165) is 36.8 Å². The van der Waals surface area contributed by atoms with Gasteiger partial charge in [-0.05, 0) is 25.0 Å². The molecule has 0 spiro atoms. The zero-order valence-electron chi connectivity index (χ0n) is 10.7. The summed E-state index contributed by atoms with van der Waals surface area (Å²) in [5.41, 5.74) is 8.02. The summed E-state index contributed by atoms with van der Waals surface area (Å²) in [6, 6.07) is 8.04. The highest BCUT2D eigenvalue weighted by Crippen LogP contribution is 2.18. The van der Waals surface area contributed by atoms with Crippen LogP contribution in [-0.2, 0) is 6.54 Å². The summed E-state index contributed by atoms with van der Waals surface area (Å²) in [4.78, 5) is 4.35. The second kappa shape index (κ2) is 6.40. The molecule has 3 N–H and O–H groups in total. The van der Waals surface area contributed by atoms with E-state index < -0.39 is 0 Å². The summed E-state index contributed by atoms with van der Waals surface area (Å²) in [6.45, 7) is 1.23. The zero-order chi connectivity index (χ0) is 12.8. The van der Waals surface area contributed by atoms with Gasteiger partial charge in [-0.15, -0.1) is 0 Å². The van der Waals surface area contributed by atoms with Gasteiger partial charge in [0.05, 0.1) is 11.0 Å². The number of aromatic nitrogens is 2. The van der Waals surface area contributed by atoms with Crippen LogP contribution in [0.3, 0.4) is 0 Å². The average molecular weight is 247 g/mol. The summed E-state index contributed by atoms with van der Waals surface area (Å²) >= 11 is 0. The molecule has 1 aromatic heterocycles. The summed E-state index contributed by atoms with van der Waals surface area (Å²) in [6.07, 6.45) is 5.47. The number of rotatable bonds is 7. The first-order chi connectivity index (χ1) is 8.83. The van der Waals surface area contributed by atoms with Crippen molar-refractivity contribution in [3.05, 3.63) is 24.3 Å². The Morgan fingerprint density at radius 2 is 1.78 bits per heavy atom. The summed E-state index contributed by atoms with van der Waals surface area (Å²) < 4.78 is 2.08. The number of hydrogen-bond acceptors (Lipinski definition) is 3. The van der Waals surface area contributed by atoms with Gasteiger partial charge >= 0.3 is 0 Å². The van der Waals surface area contributed by atoms with Crippen molar-refractivity contribution in [3.8, 4) is 0 Å². The van der Waals surface area contributed by atoms with Crippen LogP contribution in [0, 0.1) is 0 Å². The average Bonchev–Trinajstić information content (AvgIpc) is 2.70. The Morgan fingerprint density at radius 3 is 2.61 bits per heavy atom. The molecule has 0 fully saturated rings. The van der Waals surface area contributed by atoms with Gasteiger partial charge < -0.3 is 15.4 Å². The minimum Gasteiger partial charge on any atom is -0.396 e. The van der Waals surface area contributed by atoms with Crippen LogP contribution < -0.4 is 5.73 Å². The summed E-state index contributed by atoms with van der Waals surface area (Å²) in [5, 5.41) is 8.70. The first-order valence-electron chi connectivity index (χ1n) is 6.64.